The van der Waals surface area contributed by atoms with Crippen molar-refractivity contribution >= 4 is 230 Å². The van der Waals surface area contributed by atoms with Gasteiger partial charge in [0, 0.05) is 10.8 Å². The van der Waals surface area contributed by atoms with Gasteiger partial charge in [0.05, 0.1) is 0 Å². The van der Waals surface area contributed by atoms with Gasteiger partial charge in [-0.1, -0.05) is 166 Å². The van der Waals surface area contributed by atoms with Gasteiger partial charge in [-0.05, 0) is 138 Å². The third-order valence-corrected chi connectivity index (χ3v) is 15.3. The lowest BCUT2D eigenvalue weighted by Crippen LogP contribution is -2.50. The van der Waals surface area contributed by atoms with Crippen LogP contribution in [0.15, 0.2) is 150 Å². The number of benzene rings is 13. The van der Waals surface area contributed by atoms with Crippen LogP contribution in [0.1, 0.15) is 0 Å². The molecule has 1 nitrogen and oxygen atoms in total. The average molecular weight is 869 g/mol. The summed E-state index contributed by atoms with van der Waals surface area (Å²) in [5.41, 5.74) is 8.90. The molecule has 1 heterocycles. The van der Waals surface area contributed by atoms with Gasteiger partial charge in [-0.3, -0.25) is 0 Å². The minimum atomic E-state index is 0.0838. The summed E-state index contributed by atoms with van der Waals surface area (Å²) in [4.78, 5) is 0. The smallest absolute Gasteiger partial charge is 0.128 e. The third-order valence-electron chi connectivity index (χ3n) is 15.3. The van der Waals surface area contributed by atoms with Crippen LogP contribution >= 0.6 is 0 Å². The quantitative estimate of drug-likeness (QED) is 0.177. The maximum absolute atomic E-state index is 7.41. The predicted molar refractivity (Wildman–Crippen MR) is 314 cm³/mol. The van der Waals surface area contributed by atoms with Crippen LogP contribution in [0.2, 0.25) is 0 Å². The SMILES string of the molecule is [B]c1ccccc1-c1cc(-c2c([B])c([B])c([B])c3oc4c([B])c5c([B])c([B])c([B])c([B])c5c([B])c4c23)c(-c2ccc3ccc4cccc5ccc2c3c45)cc1-c1ccc2ccc3cccc4ccc1c2c34. The van der Waals surface area contributed by atoms with Gasteiger partial charge in [0.25, 0.3) is 0 Å². The highest BCUT2D eigenvalue weighted by atomic mass is 16.3. The van der Waals surface area contributed by atoms with Crippen LogP contribution in [0.4, 0.5) is 0 Å². The van der Waals surface area contributed by atoms with Crippen LogP contribution in [0.5, 0.6) is 0 Å². The van der Waals surface area contributed by atoms with Gasteiger partial charge in [-0.25, -0.2) is 0 Å². The summed E-state index contributed by atoms with van der Waals surface area (Å²) < 4.78 is 6.74. The Kier molecular flexibility index (Phi) is 9.03. The Morgan fingerprint density at radius 3 is 1.21 bits per heavy atom. The summed E-state index contributed by atoms with van der Waals surface area (Å²) in [5, 5.41) is 15.3. The van der Waals surface area contributed by atoms with E-state index in [0.29, 0.717) is 38.1 Å². The van der Waals surface area contributed by atoms with Crippen LogP contribution < -0.4 is 54.6 Å². The van der Waals surface area contributed by atoms with Crippen LogP contribution in [0.3, 0.4) is 0 Å². The van der Waals surface area contributed by atoms with Gasteiger partial charge in [0.15, 0.2) is 0 Å². The molecule has 0 bridgehead atoms. The summed E-state index contributed by atoms with van der Waals surface area (Å²) >= 11 is 0. The number of hydrogen-bond donors (Lipinski definition) is 0. The summed E-state index contributed by atoms with van der Waals surface area (Å²) in [7, 11) is 69.0. The van der Waals surface area contributed by atoms with Gasteiger partial charge in [-0.2, -0.15) is 0 Å². The Hall–Kier alpha value is -7.35. The van der Waals surface area contributed by atoms with Crippen molar-refractivity contribution in [1.29, 1.82) is 0 Å². The van der Waals surface area contributed by atoms with Gasteiger partial charge in [0.2, 0.25) is 0 Å². The number of furan rings is 1. The zero-order valence-electron chi connectivity index (χ0n) is 38.0. The van der Waals surface area contributed by atoms with Crippen molar-refractivity contribution in [2.24, 2.45) is 0 Å². The summed E-state index contributed by atoms with van der Waals surface area (Å²) in [6.07, 6.45) is 0. The maximum Gasteiger partial charge on any atom is 0.128 e. The molecule has 13 aromatic carbocycles. The second-order valence-electron chi connectivity index (χ2n) is 18.8. The fourth-order valence-corrected chi connectivity index (χ4v) is 11.9. The van der Waals surface area contributed by atoms with E-state index in [4.69, 9.17) is 82.9 Å². The first-order chi connectivity index (χ1) is 34.4. The van der Waals surface area contributed by atoms with Gasteiger partial charge >= 0.3 is 0 Å². The average Bonchev–Trinajstić information content (AvgIpc) is 3.80. The summed E-state index contributed by atoms with van der Waals surface area (Å²) in [6.45, 7) is 0. The van der Waals surface area contributed by atoms with Crippen LogP contribution in [0.25, 0.3) is 142 Å². The fourth-order valence-electron chi connectivity index (χ4n) is 11.9. The van der Waals surface area contributed by atoms with Crippen molar-refractivity contribution in [3.05, 3.63) is 146 Å². The molecule has 14 rings (SSSR count). The van der Waals surface area contributed by atoms with Crippen LogP contribution in [-0.4, -0.2) is 78.5 Å². The van der Waals surface area contributed by atoms with E-state index in [9.17, 15) is 0 Å². The van der Waals surface area contributed by atoms with Crippen LogP contribution in [0, 0.1) is 0 Å². The topological polar surface area (TPSA) is 13.1 Å². The van der Waals surface area contributed by atoms with E-state index in [1.54, 1.807) is 0 Å². The lowest BCUT2D eigenvalue weighted by atomic mass is 9.61. The molecular weight excluding hydrogens is 845 g/mol. The van der Waals surface area contributed by atoms with Crippen molar-refractivity contribution < 1.29 is 4.42 Å². The molecule has 0 saturated heterocycles. The molecule has 0 unspecified atom stereocenters. The molecule has 0 atom stereocenters. The molecule has 71 heavy (non-hydrogen) atoms. The zero-order valence-corrected chi connectivity index (χ0v) is 38.0. The highest BCUT2D eigenvalue weighted by Gasteiger charge is 2.28. The summed E-state index contributed by atoms with van der Waals surface area (Å²) in [5.74, 6) is 0. The largest absolute Gasteiger partial charge is 0.457 e. The first-order valence-electron chi connectivity index (χ1n) is 23.2. The highest BCUT2D eigenvalue weighted by Crippen LogP contribution is 2.49. The van der Waals surface area contributed by atoms with Crippen molar-refractivity contribution in [1.82, 2.24) is 0 Å². The van der Waals surface area contributed by atoms with E-state index in [-0.39, 0.29) is 60.3 Å². The highest BCUT2D eigenvalue weighted by molar-refractivity contribution is 6.72. The fraction of sp³-hybridized carbons (Fsp3) is 0. The second kappa shape index (κ2) is 15.1. The first kappa shape index (κ1) is 42.5. The van der Waals surface area contributed by atoms with Crippen molar-refractivity contribution in [3.63, 3.8) is 0 Å². The predicted octanol–water partition coefficient (Wildman–Crippen LogP) is 5.14. The number of rotatable bonds is 4. The third kappa shape index (κ3) is 5.67. The van der Waals surface area contributed by atoms with E-state index < -0.39 is 0 Å². The minimum absolute atomic E-state index is 0.0838. The molecule has 0 aliphatic heterocycles. The molecule has 11 heteroatoms. The normalized spacial score (nSPS) is 12.2. The Balaban J connectivity index is 1.21. The Morgan fingerprint density at radius 2 is 0.662 bits per heavy atom. The number of hydrogen-bond acceptors (Lipinski definition) is 1. The molecule has 0 N–H and O–H groups in total. The molecule has 300 valence electrons. The van der Waals surface area contributed by atoms with E-state index >= 15 is 0 Å². The molecule has 0 amide bonds. The molecule has 1 aromatic heterocycles. The first-order valence-corrected chi connectivity index (χ1v) is 23.2. The number of fused-ring (bicyclic) bond motifs is 4. The van der Waals surface area contributed by atoms with E-state index in [1.165, 1.54) is 26.9 Å². The molecular formula is C60H24B10O. The van der Waals surface area contributed by atoms with Crippen LogP contribution in [-0.2, 0) is 0 Å². The molecule has 20 radical (unpaired) electrons. The maximum atomic E-state index is 7.41. The van der Waals surface area contributed by atoms with E-state index in [0.717, 1.165) is 71.1 Å². The summed E-state index contributed by atoms with van der Waals surface area (Å²) in [6, 6.07) is 51.6. The molecule has 0 fully saturated rings. The molecule has 0 saturated carbocycles. The van der Waals surface area contributed by atoms with Gasteiger partial charge < -0.3 is 4.42 Å². The zero-order chi connectivity index (χ0) is 48.5. The van der Waals surface area contributed by atoms with Crippen molar-refractivity contribution in [2.45, 2.75) is 0 Å². The molecule has 14 aromatic rings. The molecule has 0 aliphatic rings. The van der Waals surface area contributed by atoms with Gasteiger partial charge in [0.1, 0.15) is 89.6 Å². The van der Waals surface area contributed by atoms with Crippen molar-refractivity contribution in [2.75, 3.05) is 0 Å². The monoisotopic (exact) mass is 870 g/mol. The standard InChI is InChI=1S/C60H24B10O/c61-40-10-2-1-9-33(40)38-24-39(45-46-49-50(62)47-48(53(65)56(68)55(67)52(47)64)54(66)60(49)71-59(46)58(70)57(69)51(45)63)37(32-20-16-30-14-12-26-6-4-8-28-18-22-35(32)44(30)42(26)28)23-36(38)31-19-15-29-13-11-25-5-3-7-27-17-21-34(31)43(29)41(25)27/h1-24H. The Bertz CT molecular complexity index is 4680. The minimum Gasteiger partial charge on any atom is -0.457 e. The van der Waals surface area contributed by atoms with Crippen molar-refractivity contribution in [3.8, 4) is 44.5 Å². The van der Waals surface area contributed by atoms with E-state index in [2.05, 4.69) is 121 Å². The molecule has 0 spiro atoms. The Morgan fingerprint density at radius 1 is 0.239 bits per heavy atom. The lowest BCUT2D eigenvalue weighted by molar-refractivity contribution is 0.675. The molecule has 0 aliphatic carbocycles. The lowest BCUT2D eigenvalue weighted by Gasteiger charge is -2.25. The second-order valence-corrected chi connectivity index (χ2v) is 18.8. The van der Waals surface area contributed by atoms with E-state index in [1.807, 2.05) is 24.3 Å². The Labute approximate surface area is 422 Å². The van der Waals surface area contributed by atoms with Gasteiger partial charge in [-0.15, -0.1) is 16.4 Å².